The molecule has 0 unspecified atom stereocenters. The second-order valence-electron chi connectivity index (χ2n) is 8.00. The van der Waals surface area contributed by atoms with Gasteiger partial charge in [-0.3, -0.25) is 4.79 Å². The summed E-state index contributed by atoms with van der Waals surface area (Å²) in [4.78, 5) is 12.0. The van der Waals surface area contributed by atoms with Crippen molar-refractivity contribution in [2.24, 2.45) is 5.73 Å². The van der Waals surface area contributed by atoms with Crippen molar-refractivity contribution in [1.82, 2.24) is 0 Å². The van der Waals surface area contributed by atoms with Crippen LogP contribution in [0.5, 0.6) is 5.75 Å². The molecule has 1 heterocycles. The first-order chi connectivity index (χ1) is 16.0. The lowest BCUT2D eigenvalue weighted by molar-refractivity contribution is -0.396. The molecule has 0 spiro atoms. The number of benzene rings is 3. The molecule has 0 bridgehead atoms. The van der Waals surface area contributed by atoms with Gasteiger partial charge in [0.15, 0.2) is 0 Å². The summed E-state index contributed by atoms with van der Waals surface area (Å²) < 4.78 is 28.4. The zero-order valence-electron chi connectivity index (χ0n) is 18.9. The van der Waals surface area contributed by atoms with Gasteiger partial charge in [-0.25, -0.2) is 8.97 Å². The maximum absolute atomic E-state index is 15.2. The minimum Gasteiger partial charge on any atom is -0.489 e. The van der Waals surface area contributed by atoms with Crippen molar-refractivity contribution in [3.63, 3.8) is 0 Å². The van der Waals surface area contributed by atoms with Gasteiger partial charge in [0.05, 0.1) is 19.4 Å². The molecule has 1 aliphatic heterocycles. The number of carbonyl (C=O) groups is 1. The summed E-state index contributed by atoms with van der Waals surface area (Å²) in [6.07, 6.45) is 2.96. The van der Waals surface area contributed by atoms with Gasteiger partial charge in [0, 0.05) is 34.9 Å². The molecule has 5 nitrogen and oxygen atoms in total. The van der Waals surface area contributed by atoms with Crippen LogP contribution >= 0.6 is 0 Å². The largest absolute Gasteiger partial charge is 0.489 e. The van der Waals surface area contributed by atoms with Gasteiger partial charge in [0.2, 0.25) is 5.69 Å². The summed E-state index contributed by atoms with van der Waals surface area (Å²) in [5, 5.41) is 0. The highest BCUT2D eigenvalue weighted by atomic mass is 19.1. The first-order valence-electron chi connectivity index (χ1n) is 11.1. The molecular weight excluding hydrogens is 419 g/mol. The van der Waals surface area contributed by atoms with Crippen molar-refractivity contribution in [2.45, 2.75) is 32.9 Å². The lowest BCUT2D eigenvalue weighted by Crippen LogP contribution is -2.09. The molecule has 0 aliphatic carbocycles. The second kappa shape index (κ2) is 9.96. The van der Waals surface area contributed by atoms with E-state index >= 15 is 4.39 Å². The van der Waals surface area contributed by atoms with Crippen molar-refractivity contribution in [3.8, 4) is 16.9 Å². The number of para-hydroxylation sites is 1. The molecule has 0 saturated carbocycles. The van der Waals surface area contributed by atoms with Crippen molar-refractivity contribution in [3.05, 3.63) is 82.7 Å². The van der Waals surface area contributed by atoms with E-state index in [4.69, 9.17) is 15.2 Å². The third-order valence-electron chi connectivity index (χ3n) is 5.83. The maximum Gasteiger partial charge on any atom is 0.310 e. The smallest absolute Gasteiger partial charge is 0.310 e. The van der Waals surface area contributed by atoms with Gasteiger partial charge in [-0.2, -0.15) is 0 Å². The fourth-order valence-corrected chi connectivity index (χ4v) is 4.16. The topological polar surface area (TPSA) is 64.6 Å². The van der Waals surface area contributed by atoms with Gasteiger partial charge in [0.25, 0.3) is 0 Å². The minimum atomic E-state index is -0.291. The van der Waals surface area contributed by atoms with Crippen molar-refractivity contribution >= 4 is 17.9 Å². The van der Waals surface area contributed by atoms with Gasteiger partial charge in [0.1, 0.15) is 31.4 Å². The molecule has 3 aromatic carbocycles. The summed E-state index contributed by atoms with van der Waals surface area (Å²) in [5.74, 6) is 0.0548. The fourth-order valence-electron chi connectivity index (χ4n) is 4.16. The molecule has 1 aliphatic rings. The molecule has 4 rings (SSSR count). The summed E-state index contributed by atoms with van der Waals surface area (Å²) in [6, 6.07) is 16.8. The van der Waals surface area contributed by atoms with Crippen LogP contribution in [0, 0.1) is 5.82 Å². The molecular formula is C27H28FN2O3+. The third-order valence-corrected chi connectivity index (χ3v) is 5.83. The molecule has 6 heteroatoms. The number of hydrogen-bond donors (Lipinski definition) is 1. The van der Waals surface area contributed by atoms with Crippen LogP contribution in [0.1, 0.15) is 29.2 Å². The van der Waals surface area contributed by atoms with E-state index in [0.717, 1.165) is 34.4 Å². The number of rotatable bonds is 8. The normalized spacial score (nSPS) is 12.3. The van der Waals surface area contributed by atoms with E-state index in [0.29, 0.717) is 23.5 Å². The quantitative estimate of drug-likeness (QED) is 0.407. The predicted octanol–water partition coefficient (Wildman–Crippen LogP) is 4.54. The molecule has 33 heavy (non-hydrogen) atoms. The molecule has 0 aromatic heterocycles. The lowest BCUT2D eigenvalue weighted by Gasteiger charge is -2.14. The number of halogens is 1. The molecule has 170 valence electrons. The van der Waals surface area contributed by atoms with E-state index in [1.165, 1.54) is 0 Å². The molecule has 2 N–H and O–H groups in total. The predicted molar refractivity (Wildman–Crippen MR) is 126 cm³/mol. The van der Waals surface area contributed by atoms with Gasteiger partial charge in [-0.1, -0.05) is 36.4 Å². The molecule has 0 radical (unpaired) electrons. The Labute approximate surface area is 193 Å². The van der Waals surface area contributed by atoms with E-state index < -0.39 is 0 Å². The number of nitrogens with zero attached hydrogens (tertiary/aromatic N) is 1. The molecule has 0 amide bonds. The molecule has 3 aromatic rings. The maximum atomic E-state index is 15.2. The Morgan fingerprint density at radius 1 is 1.09 bits per heavy atom. The SMILES string of the molecule is CCOC(=O)Cc1ccccc1OCc1cc(-c2cccc(CN)c2F)c2c(c1)[N+](C)=CC2. The Balaban J connectivity index is 1.66. The van der Waals surface area contributed by atoms with Crippen LogP contribution in [0.15, 0.2) is 54.6 Å². The summed E-state index contributed by atoms with van der Waals surface area (Å²) >= 11 is 0. The number of ether oxygens (including phenoxy) is 2. The summed E-state index contributed by atoms with van der Waals surface area (Å²) in [5.41, 5.74) is 11.4. The van der Waals surface area contributed by atoms with Gasteiger partial charge in [-0.05, 0) is 30.2 Å². The average Bonchev–Trinajstić information content (AvgIpc) is 3.19. The standard InChI is InChI=1S/C27H28FN2O3/c1-3-32-26(31)15-19-7-4-5-10-25(19)33-17-18-13-23(21-11-12-30(2)24(21)14-18)22-9-6-8-20(16-29)27(22)28/h4-10,12-14H,3,11,15-17,29H2,1-2H3/q+1. The first-order valence-corrected chi connectivity index (χ1v) is 11.1. The van der Waals surface area contributed by atoms with E-state index in [-0.39, 0.29) is 31.4 Å². The van der Waals surface area contributed by atoms with Crippen LogP contribution in [0.25, 0.3) is 11.1 Å². The van der Waals surface area contributed by atoms with Crippen molar-refractivity contribution in [1.29, 1.82) is 0 Å². The van der Waals surface area contributed by atoms with Crippen LogP contribution in [0.4, 0.5) is 10.1 Å². The van der Waals surface area contributed by atoms with Crippen molar-refractivity contribution < 1.29 is 23.2 Å². The van der Waals surface area contributed by atoms with E-state index in [1.54, 1.807) is 19.1 Å². The van der Waals surface area contributed by atoms with Crippen LogP contribution in [0.3, 0.4) is 0 Å². The molecule has 0 fully saturated rings. The number of fused-ring (bicyclic) bond motifs is 1. The lowest BCUT2D eigenvalue weighted by atomic mass is 9.93. The molecule has 0 saturated heterocycles. The highest BCUT2D eigenvalue weighted by Crippen LogP contribution is 2.37. The van der Waals surface area contributed by atoms with Gasteiger partial charge < -0.3 is 15.2 Å². The Morgan fingerprint density at radius 3 is 2.67 bits per heavy atom. The zero-order valence-corrected chi connectivity index (χ0v) is 18.9. The Bertz CT molecular complexity index is 1220. The van der Waals surface area contributed by atoms with Crippen LogP contribution in [0.2, 0.25) is 0 Å². The van der Waals surface area contributed by atoms with Crippen LogP contribution in [-0.4, -0.2) is 30.4 Å². The number of carbonyl (C=O) groups excluding carboxylic acids is 1. The number of nitrogens with two attached hydrogens (primary N) is 1. The highest BCUT2D eigenvalue weighted by molar-refractivity contribution is 5.80. The van der Waals surface area contributed by atoms with Gasteiger partial charge in [-0.15, -0.1) is 0 Å². The van der Waals surface area contributed by atoms with Crippen molar-refractivity contribution in [2.75, 3.05) is 13.7 Å². The highest BCUT2D eigenvalue weighted by Gasteiger charge is 2.25. The number of hydrogen-bond acceptors (Lipinski definition) is 4. The monoisotopic (exact) mass is 447 g/mol. The van der Waals surface area contributed by atoms with Crippen LogP contribution < -0.4 is 10.5 Å². The summed E-state index contributed by atoms with van der Waals surface area (Å²) in [6.45, 7) is 2.55. The second-order valence-corrected chi connectivity index (χ2v) is 8.00. The van der Waals surface area contributed by atoms with E-state index in [2.05, 4.69) is 16.9 Å². The van der Waals surface area contributed by atoms with E-state index in [9.17, 15) is 4.79 Å². The van der Waals surface area contributed by atoms with Crippen LogP contribution in [-0.2, 0) is 35.5 Å². The Morgan fingerprint density at radius 2 is 1.88 bits per heavy atom. The van der Waals surface area contributed by atoms with E-state index in [1.807, 2.05) is 43.4 Å². The zero-order chi connectivity index (χ0) is 23.4. The average molecular weight is 448 g/mol. The Hall–Kier alpha value is -3.51. The first kappa shape index (κ1) is 22.7. The van der Waals surface area contributed by atoms with Gasteiger partial charge >= 0.3 is 5.97 Å². The minimum absolute atomic E-state index is 0.147. The third kappa shape index (κ3) is 4.81. The fraction of sp³-hybridized carbons (Fsp3) is 0.259. The summed E-state index contributed by atoms with van der Waals surface area (Å²) in [7, 11) is 1.99. The number of esters is 1. The molecule has 0 atom stereocenters. The Kier molecular flexibility index (Phi) is 6.84.